The lowest BCUT2D eigenvalue weighted by atomic mass is 9.97. The molecule has 1 saturated heterocycles. The van der Waals surface area contributed by atoms with Gasteiger partial charge in [0.05, 0.1) is 6.10 Å². The summed E-state index contributed by atoms with van der Waals surface area (Å²) in [5, 5.41) is 9.42. The van der Waals surface area contributed by atoms with E-state index in [1.54, 1.807) is 4.90 Å². The third-order valence-electron chi connectivity index (χ3n) is 3.50. The molecule has 3 N–H and O–H groups in total. The van der Waals surface area contributed by atoms with Gasteiger partial charge in [0.15, 0.2) is 0 Å². The number of hydrogen-bond donors (Lipinski definition) is 2. The molecule has 0 bridgehead atoms. The minimum Gasteiger partial charge on any atom is -0.399 e. The van der Waals surface area contributed by atoms with Gasteiger partial charge in [0.25, 0.3) is 0 Å². The minimum absolute atomic E-state index is 0.121. The molecule has 0 spiro atoms. The monoisotopic (exact) mass is 248 g/mol. The maximum atomic E-state index is 12.0. The van der Waals surface area contributed by atoms with Crippen molar-refractivity contribution in [3.8, 4) is 0 Å². The number of hydrogen-bond acceptors (Lipinski definition) is 3. The second-order valence-corrected chi connectivity index (χ2v) is 5.05. The predicted octanol–water partition coefficient (Wildman–Crippen LogP) is 1.36. The van der Waals surface area contributed by atoms with E-state index in [9.17, 15) is 9.90 Å². The zero-order valence-corrected chi connectivity index (χ0v) is 10.7. The third kappa shape index (κ3) is 3.01. The van der Waals surface area contributed by atoms with Crippen molar-refractivity contribution < 1.29 is 9.90 Å². The molecule has 1 aliphatic heterocycles. The van der Waals surface area contributed by atoms with Crippen LogP contribution >= 0.6 is 0 Å². The van der Waals surface area contributed by atoms with Gasteiger partial charge in [0.1, 0.15) is 0 Å². The average Bonchev–Trinajstić information content (AvgIpc) is 2.76. The SMILES string of the molecule is CC(CC(=O)N1CC[C@@H](O)C1)c1ccc(N)cc1. The highest BCUT2D eigenvalue weighted by Gasteiger charge is 2.25. The van der Waals surface area contributed by atoms with Crippen molar-refractivity contribution in [1.82, 2.24) is 4.90 Å². The number of rotatable bonds is 3. The number of anilines is 1. The topological polar surface area (TPSA) is 66.6 Å². The van der Waals surface area contributed by atoms with Crippen molar-refractivity contribution >= 4 is 11.6 Å². The molecule has 1 amide bonds. The molecule has 1 aromatic carbocycles. The molecular formula is C14H20N2O2. The molecule has 1 aromatic rings. The van der Waals surface area contributed by atoms with Crippen molar-refractivity contribution in [2.24, 2.45) is 0 Å². The van der Waals surface area contributed by atoms with E-state index in [1.807, 2.05) is 31.2 Å². The summed E-state index contributed by atoms with van der Waals surface area (Å²) in [6, 6.07) is 7.64. The van der Waals surface area contributed by atoms with Crippen molar-refractivity contribution in [2.45, 2.75) is 31.8 Å². The Labute approximate surface area is 107 Å². The molecular weight excluding hydrogens is 228 g/mol. The van der Waals surface area contributed by atoms with Crippen LogP contribution in [0.3, 0.4) is 0 Å². The second-order valence-electron chi connectivity index (χ2n) is 5.05. The first kappa shape index (κ1) is 12.9. The van der Waals surface area contributed by atoms with E-state index >= 15 is 0 Å². The largest absolute Gasteiger partial charge is 0.399 e. The van der Waals surface area contributed by atoms with E-state index in [-0.39, 0.29) is 17.9 Å². The zero-order valence-electron chi connectivity index (χ0n) is 10.7. The van der Waals surface area contributed by atoms with Gasteiger partial charge in [-0.1, -0.05) is 19.1 Å². The number of nitrogens with zero attached hydrogens (tertiary/aromatic N) is 1. The third-order valence-corrected chi connectivity index (χ3v) is 3.50. The van der Waals surface area contributed by atoms with Gasteiger partial charge in [0.2, 0.25) is 5.91 Å². The van der Waals surface area contributed by atoms with Gasteiger partial charge < -0.3 is 15.7 Å². The number of nitrogen functional groups attached to an aromatic ring is 1. The molecule has 1 fully saturated rings. The number of benzene rings is 1. The van der Waals surface area contributed by atoms with Gasteiger partial charge in [-0.3, -0.25) is 4.79 Å². The van der Waals surface area contributed by atoms with Crippen LogP contribution in [0.15, 0.2) is 24.3 Å². The summed E-state index contributed by atoms with van der Waals surface area (Å²) in [7, 11) is 0. The van der Waals surface area contributed by atoms with Crippen LogP contribution in [-0.2, 0) is 4.79 Å². The summed E-state index contributed by atoms with van der Waals surface area (Å²) in [6.07, 6.45) is 0.833. The summed E-state index contributed by atoms with van der Waals surface area (Å²) in [5.74, 6) is 0.298. The van der Waals surface area contributed by atoms with E-state index in [0.29, 0.717) is 25.9 Å². The number of nitrogens with two attached hydrogens (primary N) is 1. The van der Waals surface area contributed by atoms with E-state index in [0.717, 1.165) is 11.3 Å². The Morgan fingerprint density at radius 1 is 1.50 bits per heavy atom. The van der Waals surface area contributed by atoms with Crippen LogP contribution in [-0.4, -0.2) is 35.1 Å². The van der Waals surface area contributed by atoms with Gasteiger partial charge in [-0.25, -0.2) is 0 Å². The normalized spacial score (nSPS) is 21.0. The molecule has 0 radical (unpaired) electrons. The Bertz CT molecular complexity index is 416. The van der Waals surface area contributed by atoms with Gasteiger partial charge in [-0.2, -0.15) is 0 Å². The van der Waals surface area contributed by atoms with Crippen LogP contribution in [0, 0.1) is 0 Å². The lowest BCUT2D eigenvalue weighted by Crippen LogP contribution is -2.30. The van der Waals surface area contributed by atoms with Gasteiger partial charge >= 0.3 is 0 Å². The van der Waals surface area contributed by atoms with Crippen LogP contribution in [0.25, 0.3) is 0 Å². The fraction of sp³-hybridized carbons (Fsp3) is 0.500. The first-order valence-corrected chi connectivity index (χ1v) is 6.37. The quantitative estimate of drug-likeness (QED) is 0.794. The van der Waals surface area contributed by atoms with E-state index in [4.69, 9.17) is 5.73 Å². The summed E-state index contributed by atoms with van der Waals surface area (Å²) in [6.45, 7) is 3.19. The van der Waals surface area contributed by atoms with Crippen molar-refractivity contribution in [3.05, 3.63) is 29.8 Å². The Balaban J connectivity index is 1.92. The Morgan fingerprint density at radius 3 is 2.72 bits per heavy atom. The van der Waals surface area contributed by atoms with Crippen LogP contribution < -0.4 is 5.73 Å². The summed E-state index contributed by atoms with van der Waals surface area (Å²) in [4.78, 5) is 13.8. The van der Waals surface area contributed by atoms with Crippen LogP contribution in [0.5, 0.6) is 0 Å². The number of amides is 1. The van der Waals surface area contributed by atoms with Crippen LogP contribution in [0.4, 0.5) is 5.69 Å². The van der Waals surface area contributed by atoms with Crippen LogP contribution in [0.1, 0.15) is 31.2 Å². The Morgan fingerprint density at radius 2 is 2.17 bits per heavy atom. The second kappa shape index (κ2) is 5.40. The van der Waals surface area contributed by atoms with E-state index < -0.39 is 0 Å². The van der Waals surface area contributed by atoms with Crippen molar-refractivity contribution in [3.63, 3.8) is 0 Å². The molecule has 1 unspecified atom stereocenters. The van der Waals surface area contributed by atoms with Gasteiger partial charge in [0, 0.05) is 25.2 Å². The first-order valence-electron chi connectivity index (χ1n) is 6.37. The van der Waals surface area contributed by atoms with Gasteiger partial charge in [-0.05, 0) is 30.0 Å². The number of β-amino-alcohol motifs (C(OH)–C–C–N with tert-alkyl or cyclic N) is 1. The summed E-state index contributed by atoms with van der Waals surface area (Å²) in [5.41, 5.74) is 7.50. The highest BCUT2D eigenvalue weighted by Crippen LogP contribution is 2.22. The Kier molecular flexibility index (Phi) is 3.87. The average molecular weight is 248 g/mol. The molecule has 0 aliphatic carbocycles. The number of aliphatic hydroxyl groups is 1. The standard InChI is InChI=1S/C14H20N2O2/c1-10(11-2-4-12(15)5-3-11)8-14(18)16-7-6-13(17)9-16/h2-5,10,13,17H,6-9,15H2,1H3/t10?,13-/m1/s1. The molecule has 18 heavy (non-hydrogen) atoms. The summed E-state index contributed by atoms with van der Waals surface area (Å²) >= 11 is 0. The Hall–Kier alpha value is -1.55. The smallest absolute Gasteiger partial charge is 0.223 e. The van der Waals surface area contributed by atoms with Crippen molar-refractivity contribution in [2.75, 3.05) is 18.8 Å². The lowest BCUT2D eigenvalue weighted by Gasteiger charge is -2.18. The number of carbonyl (C=O) groups excluding carboxylic acids is 1. The molecule has 0 saturated carbocycles. The van der Waals surface area contributed by atoms with Crippen LogP contribution in [0.2, 0.25) is 0 Å². The molecule has 1 heterocycles. The number of carbonyl (C=O) groups is 1. The lowest BCUT2D eigenvalue weighted by molar-refractivity contribution is -0.130. The maximum Gasteiger partial charge on any atom is 0.223 e. The van der Waals surface area contributed by atoms with E-state index in [1.165, 1.54) is 0 Å². The number of likely N-dealkylation sites (tertiary alicyclic amines) is 1. The van der Waals surface area contributed by atoms with Crippen molar-refractivity contribution in [1.29, 1.82) is 0 Å². The summed E-state index contributed by atoms with van der Waals surface area (Å²) < 4.78 is 0. The minimum atomic E-state index is -0.347. The fourth-order valence-corrected chi connectivity index (χ4v) is 2.30. The van der Waals surface area contributed by atoms with Gasteiger partial charge in [-0.15, -0.1) is 0 Å². The van der Waals surface area contributed by atoms with E-state index in [2.05, 4.69) is 0 Å². The predicted molar refractivity (Wildman–Crippen MR) is 71.1 cm³/mol. The molecule has 1 aliphatic rings. The fourth-order valence-electron chi connectivity index (χ4n) is 2.30. The molecule has 4 heteroatoms. The molecule has 0 aromatic heterocycles. The zero-order chi connectivity index (χ0) is 13.1. The molecule has 2 rings (SSSR count). The molecule has 98 valence electrons. The highest BCUT2D eigenvalue weighted by molar-refractivity contribution is 5.77. The molecule has 2 atom stereocenters. The first-order chi connectivity index (χ1) is 8.56. The molecule has 4 nitrogen and oxygen atoms in total. The highest BCUT2D eigenvalue weighted by atomic mass is 16.3. The number of aliphatic hydroxyl groups excluding tert-OH is 1. The maximum absolute atomic E-state index is 12.0.